The maximum atomic E-state index is 13.2. The SMILES string of the molecule is O=C1CCC(OCc2cccc(F)c2Br)CC1. The molecule has 0 amide bonds. The Morgan fingerprint density at radius 3 is 2.76 bits per heavy atom. The second-order valence-corrected chi connectivity index (χ2v) is 5.05. The van der Waals surface area contributed by atoms with E-state index in [-0.39, 0.29) is 11.9 Å². The third-order valence-electron chi connectivity index (χ3n) is 3.00. The number of carbonyl (C=O) groups excluding carboxylic acids is 1. The highest BCUT2D eigenvalue weighted by atomic mass is 79.9. The monoisotopic (exact) mass is 300 g/mol. The molecule has 1 aliphatic carbocycles. The molecular weight excluding hydrogens is 287 g/mol. The lowest BCUT2D eigenvalue weighted by molar-refractivity contribution is -0.123. The molecule has 0 heterocycles. The Balaban J connectivity index is 1.89. The van der Waals surface area contributed by atoms with Crippen molar-refractivity contribution in [3.63, 3.8) is 0 Å². The Bertz CT molecular complexity index is 410. The van der Waals surface area contributed by atoms with Gasteiger partial charge in [0.05, 0.1) is 17.2 Å². The van der Waals surface area contributed by atoms with Crippen LogP contribution < -0.4 is 0 Å². The van der Waals surface area contributed by atoms with Crippen molar-refractivity contribution in [1.29, 1.82) is 0 Å². The van der Waals surface area contributed by atoms with Gasteiger partial charge in [-0.05, 0) is 40.4 Å². The fourth-order valence-corrected chi connectivity index (χ4v) is 2.33. The summed E-state index contributed by atoms with van der Waals surface area (Å²) in [6.07, 6.45) is 2.91. The standard InChI is InChI=1S/C13H14BrFO2/c14-13-9(2-1-3-12(13)15)8-17-11-6-4-10(16)5-7-11/h1-3,11H,4-8H2. The van der Waals surface area contributed by atoms with Crippen molar-refractivity contribution in [1.82, 2.24) is 0 Å². The minimum atomic E-state index is -0.273. The third-order valence-corrected chi connectivity index (χ3v) is 3.88. The lowest BCUT2D eigenvalue weighted by atomic mass is 9.96. The van der Waals surface area contributed by atoms with E-state index in [1.54, 1.807) is 6.07 Å². The van der Waals surface area contributed by atoms with Crippen LogP contribution in [0, 0.1) is 5.82 Å². The topological polar surface area (TPSA) is 26.3 Å². The van der Waals surface area contributed by atoms with Crippen LogP contribution in [0.1, 0.15) is 31.2 Å². The molecule has 0 saturated heterocycles. The molecule has 1 aromatic carbocycles. The molecule has 4 heteroatoms. The van der Waals surface area contributed by atoms with Crippen LogP contribution in [0.4, 0.5) is 4.39 Å². The molecule has 0 aliphatic heterocycles. The predicted molar refractivity (Wildman–Crippen MR) is 66.2 cm³/mol. The van der Waals surface area contributed by atoms with Gasteiger partial charge in [-0.2, -0.15) is 0 Å². The van der Waals surface area contributed by atoms with Gasteiger partial charge in [0.2, 0.25) is 0 Å². The summed E-state index contributed by atoms with van der Waals surface area (Å²) < 4.78 is 19.4. The second kappa shape index (κ2) is 5.74. The molecular formula is C13H14BrFO2. The highest BCUT2D eigenvalue weighted by Crippen LogP contribution is 2.24. The fraction of sp³-hybridized carbons (Fsp3) is 0.462. The number of ether oxygens (including phenoxy) is 1. The summed E-state index contributed by atoms with van der Waals surface area (Å²) in [4.78, 5) is 11.1. The maximum absolute atomic E-state index is 13.2. The molecule has 17 heavy (non-hydrogen) atoms. The van der Waals surface area contributed by atoms with Crippen molar-refractivity contribution >= 4 is 21.7 Å². The highest BCUT2D eigenvalue weighted by Gasteiger charge is 2.19. The summed E-state index contributed by atoms with van der Waals surface area (Å²) in [7, 11) is 0. The maximum Gasteiger partial charge on any atom is 0.137 e. The predicted octanol–water partition coefficient (Wildman–Crippen LogP) is 3.62. The van der Waals surface area contributed by atoms with Crippen LogP contribution in [-0.2, 0) is 16.1 Å². The molecule has 0 bridgehead atoms. The van der Waals surface area contributed by atoms with Crippen LogP contribution in [0.25, 0.3) is 0 Å². The average molecular weight is 301 g/mol. The van der Waals surface area contributed by atoms with Gasteiger partial charge in [0.1, 0.15) is 11.6 Å². The normalized spacial score (nSPS) is 17.4. The zero-order valence-corrected chi connectivity index (χ0v) is 11.0. The van der Waals surface area contributed by atoms with Gasteiger partial charge in [-0.3, -0.25) is 4.79 Å². The Morgan fingerprint density at radius 1 is 1.35 bits per heavy atom. The van der Waals surface area contributed by atoms with E-state index in [0.717, 1.165) is 18.4 Å². The molecule has 1 saturated carbocycles. The zero-order chi connectivity index (χ0) is 12.3. The molecule has 0 atom stereocenters. The van der Waals surface area contributed by atoms with Gasteiger partial charge in [0, 0.05) is 12.8 Å². The van der Waals surface area contributed by atoms with Gasteiger partial charge >= 0.3 is 0 Å². The number of carbonyl (C=O) groups is 1. The van der Waals surface area contributed by atoms with Crippen LogP contribution in [0.3, 0.4) is 0 Å². The Labute approximate surface area is 108 Å². The summed E-state index contributed by atoms with van der Waals surface area (Å²) in [6, 6.07) is 4.91. The van der Waals surface area contributed by atoms with E-state index in [9.17, 15) is 9.18 Å². The van der Waals surface area contributed by atoms with Gasteiger partial charge in [0.15, 0.2) is 0 Å². The number of halogens is 2. The lowest BCUT2D eigenvalue weighted by Crippen LogP contribution is -2.21. The van der Waals surface area contributed by atoms with Gasteiger partial charge in [0.25, 0.3) is 0 Å². The largest absolute Gasteiger partial charge is 0.373 e. The first-order valence-electron chi connectivity index (χ1n) is 5.73. The highest BCUT2D eigenvalue weighted by molar-refractivity contribution is 9.10. The van der Waals surface area contributed by atoms with Crippen LogP contribution in [0.2, 0.25) is 0 Å². The number of Topliss-reactive ketones (excluding diaryl/α,β-unsaturated/α-hetero) is 1. The quantitative estimate of drug-likeness (QED) is 0.852. The van der Waals surface area contributed by atoms with E-state index in [0.29, 0.717) is 29.7 Å². The molecule has 0 spiro atoms. The number of ketones is 1. The molecule has 0 aromatic heterocycles. The fourth-order valence-electron chi connectivity index (χ4n) is 1.95. The van der Waals surface area contributed by atoms with Gasteiger partial charge in [-0.1, -0.05) is 12.1 Å². The van der Waals surface area contributed by atoms with Crippen molar-refractivity contribution in [3.8, 4) is 0 Å². The summed E-state index contributed by atoms with van der Waals surface area (Å²) in [5, 5.41) is 0. The van der Waals surface area contributed by atoms with Crippen molar-refractivity contribution < 1.29 is 13.9 Å². The lowest BCUT2D eigenvalue weighted by Gasteiger charge is -2.21. The van der Waals surface area contributed by atoms with Crippen LogP contribution in [0.15, 0.2) is 22.7 Å². The van der Waals surface area contributed by atoms with Crippen LogP contribution >= 0.6 is 15.9 Å². The summed E-state index contributed by atoms with van der Waals surface area (Å²) in [5.74, 6) is 0.0432. The van der Waals surface area contributed by atoms with Gasteiger partial charge < -0.3 is 4.74 Å². The molecule has 1 fully saturated rings. The van der Waals surface area contributed by atoms with Crippen molar-refractivity contribution in [2.75, 3.05) is 0 Å². The zero-order valence-electron chi connectivity index (χ0n) is 9.42. The first kappa shape index (κ1) is 12.7. The Hall–Kier alpha value is -0.740. The number of hydrogen-bond acceptors (Lipinski definition) is 2. The molecule has 0 N–H and O–H groups in total. The summed E-state index contributed by atoms with van der Waals surface area (Å²) >= 11 is 3.21. The van der Waals surface area contributed by atoms with E-state index in [2.05, 4.69) is 15.9 Å². The smallest absolute Gasteiger partial charge is 0.137 e. The van der Waals surface area contributed by atoms with Crippen molar-refractivity contribution in [3.05, 3.63) is 34.1 Å². The van der Waals surface area contributed by atoms with Gasteiger partial charge in [-0.15, -0.1) is 0 Å². The first-order chi connectivity index (χ1) is 8.16. The number of benzene rings is 1. The summed E-state index contributed by atoms with van der Waals surface area (Å²) in [5.41, 5.74) is 0.807. The minimum absolute atomic E-state index is 0.128. The van der Waals surface area contributed by atoms with E-state index in [1.165, 1.54) is 6.07 Å². The third kappa shape index (κ3) is 3.36. The second-order valence-electron chi connectivity index (χ2n) is 4.26. The first-order valence-corrected chi connectivity index (χ1v) is 6.52. The van der Waals surface area contributed by atoms with E-state index < -0.39 is 0 Å². The van der Waals surface area contributed by atoms with E-state index in [4.69, 9.17) is 4.74 Å². The molecule has 92 valence electrons. The number of hydrogen-bond donors (Lipinski definition) is 0. The number of rotatable bonds is 3. The molecule has 2 nitrogen and oxygen atoms in total. The van der Waals surface area contributed by atoms with Gasteiger partial charge in [-0.25, -0.2) is 4.39 Å². The Morgan fingerprint density at radius 2 is 2.06 bits per heavy atom. The van der Waals surface area contributed by atoms with Crippen LogP contribution in [-0.4, -0.2) is 11.9 Å². The molecule has 1 aromatic rings. The molecule has 1 aliphatic rings. The average Bonchev–Trinajstić information content (AvgIpc) is 2.33. The summed E-state index contributed by atoms with van der Waals surface area (Å²) in [6.45, 7) is 0.386. The van der Waals surface area contributed by atoms with E-state index in [1.807, 2.05) is 6.07 Å². The minimum Gasteiger partial charge on any atom is -0.373 e. The van der Waals surface area contributed by atoms with Crippen LogP contribution in [0.5, 0.6) is 0 Å². The molecule has 2 rings (SSSR count). The Kier molecular flexibility index (Phi) is 4.29. The molecule has 0 unspecified atom stereocenters. The van der Waals surface area contributed by atoms with Crippen molar-refractivity contribution in [2.24, 2.45) is 0 Å². The molecule has 0 radical (unpaired) electrons. The van der Waals surface area contributed by atoms with E-state index >= 15 is 0 Å². The van der Waals surface area contributed by atoms with Crippen molar-refractivity contribution in [2.45, 2.75) is 38.4 Å².